The lowest BCUT2D eigenvalue weighted by atomic mass is 10.2. The van der Waals surface area contributed by atoms with E-state index in [1.165, 1.54) is 40.9 Å². The predicted octanol–water partition coefficient (Wildman–Crippen LogP) is 4.97. The number of hydrazone groups is 1. The normalized spacial score (nSPS) is 11.1. The average molecular weight is 497 g/mol. The summed E-state index contributed by atoms with van der Waals surface area (Å²) in [7, 11) is 0. The average Bonchev–Trinajstić information content (AvgIpc) is 3.16. The molecular formula is C18H14BrFN4OS3. The van der Waals surface area contributed by atoms with Crippen LogP contribution in [0.2, 0.25) is 0 Å². The van der Waals surface area contributed by atoms with Crippen molar-refractivity contribution in [3.63, 3.8) is 0 Å². The van der Waals surface area contributed by atoms with Gasteiger partial charge in [-0.2, -0.15) is 5.10 Å². The highest BCUT2D eigenvalue weighted by Gasteiger charge is 2.09. The minimum atomic E-state index is -0.412. The number of amides is 1. The molecule has 1 aromatic heterocycles. The van der Waals surface area contributed by atoms with Crippen molar-refractivity contribution in [1.82, 2.24) is 15.6 Å². The number of hydrogen-bond donors (Lipinski definition) is 1. The van der Waals surface area contributed by atoms with Crippen LogP contribution in [0.3, 0.4) is 0 Å². The maximum absolute atomic E-state index is 13.6. The molecule has 0 fully saturated rings. The number of halogens is 2. The smallest absolute Gasteiger partial charge is 0.250 e. The fourth-order valence-corrected chi connectivity index (χ4v) is 5.13. The molecule has 1 amide bonds. The molecule has 144 valence electrons. The maximum Gasteiger partial charge on any atom is 0.250 e. The Morgan fingerprint density at radius 1 is 1.18 bits per heavy atom. The molecule has 0 aliphatic heterocycles. The second-order valence-corrected chi connectivity index (χ2v) is 9.69. The van der Waals surface area contributed by atoms with Gasteiger partial charge < -0.3 is 0 Å². The molecule has 2 aromatic carbocycles. The summed E-state index contributed by atoms with van der Waals surface area (Å²) in [6.07, 6.45) is 1.27. The number of aromatic nitrogens is 2. The molecule has 0 aliphatic rings. The first-order valence-corrected chi connectivity index (χ1v) is 11.6. The Hall–Kier alpha value is -1.75. The molecule has 0 aliphatic carbocycles. The summed E-state index contributed by atoms with van der Waals surface area (Å²) in [4.78, 5) is 11.9. The fraction of sp³-hybridized carbons (Fsp3) is 0.111. The molecule has 1 heterocycles. The Labute approximate surface area is 182 Å². The molecule has 5 nitrogen and oxygen atoms in total. The lowest BCUT2D eigenvalue weighted by molar-refractivity contribution is -0.118. The molecule has 3 aromatic rings. The molecule has 0 unspecified atom stereocenters. The number of hydrogen-bond acceptors (Lipinski definition) is 7. The molecule has 3 rings (SSSR count). The highest BCUT2D eigenvalue weighted by Crippen LogP contribution is 2.30. The van der Waals surface area contributed by atoms with Gasteiger partial charge in [0.2, 0.25) is 0 Å². The Bertz CT molecular complexity index is 968. The topological polar surface area (TPSA) is 67.2 Å². The second-order valence-electron chi connectivity index (χ2n) is 5.36. The van der Waals surface area contributed by atoms with Crippen LogP contribution in [0.4, 0.5) is 4.39 Å². The summed E-state index contributed by atoms with van der Waals surface area (Å²) >= 11 is 7.61. The van der Waals surface area contributed by atoms with Gasteiger partial charge in [-0.15, -0.1) is 10.2 Å². The van der Waals surface area contributed by atoms with Crippen molar-refractivity contribution < 1.29 is 9.18 Å². The van der Waals surface area contributed by atoms with Crippen molar-refractivity contribution in [2.45, 2.75) is 14.4 Å². The van der Waals surface area contributed by atoms with E-state index in [4.69, 9.17) is 0 Å². The van der Waals surface area contributed by atoms with Crippen LogP contribution in [0.25, 0.3) is 0 Å². The third kappa shape index (κ3) is 6.69. The number of nitrogens with zero attached hydrogens (tertiary/aromatic N) is 3. The second kappa shape index (κ2) is 10.7. The number of thioether (sulfide) groups is 2. The number of rotatable bonds is 8. The van der Waals surface area contributed by atoms with Crippen molar-refractivity contribution in [2.75, 3.05) is 5.75 Å². The number of benzene rings is 2. The Kier molecular flexibility index (Phi) is 8.01. The Balaban J connectivity index is 1.43. The zero-order valence-electron chi connectivity index (χ0n) is 14.3. The minimum Gasteiger partial charge on any atom is -0.272 e. The Morgan fingerprint density at radius 3 is 2.71 bits per heavy atom. The van der Waals surface area contributed by atoms with Crippen LogP contribution < -0.4 is 5.43 Å². The third-order valence-electron chi connectivity index (χ3n) is 3.27. The lowest BCUT2D eigenvalue weighted by Gasteiger charge is -1.99. The maximum atomic E-state index is 13.6. The highest BCUT2D eigenvalue weighted by atomic mass is 79.9. The van der Waals surface area contributed by atoms with Gasteiger partial charge in [0, 0.05) is 15.8 Å². The van der Waals surface area contributed by atoms with Crippen LogP contribution in [-0.2, 0) is 10.5 Å². The SMILES string of the molecule is O=C(CSc1nnc(SCc2ccccc2)s1)NN=Cc1cc(Br)ccc1F. The zero-order chi connectivity index (χ0) is 19.8. The molecule has 0 bridgehead atoms. The van der Waals surface area contributed by atoms with Gasteiger partial charge in [-0.1, -0.05) is 81.1 Å². The lowest BCUT2D eigenvalue weighted by Crippen LogP contribution is -2.19. The molecule has 10 heteroatoms. The minimum absolute atomic E-state index is 0.149. The summed E-state index contributed by atoms with van der Waals surface area (Å²) < 4.78 is 15.9. The first kappa shape index (κ1) is 21.0. The van der Waals surface area contributed by atoms with Crippen molar-refractivity contribution in [2.24, 2.45) is 5.10 Å². The summed E-state index contributed by atoms with van der Waals surface area (Å²) in [5, 5.41) is 12.0. The van der Waals surface area contributed by atoms with Crippen LogP contribution in [0.5, 0.6) is 0 Å². The number of carbonyl (C=O) groups is 1. The monoisotopic (exact) mass is 496 g/mol. The van der Waals surface area contributed by atoms with Crippen LogP contribution in [0.1, 0.15) is 11.1 Å². The van der Waals surface area contributed by atoms with E-state index >= 15 is 0 Å². The van der Waals surface area contributed by atoms with E-state index in [0.717, 1.165) is 14.6 Å². The summed E-state index contributed by atoms with van der Waals surface area (Å²) in [5.74, 6) is 0.257. The van der Waals surface area contributed by atoms with Crippen LogP contribution in [-0.4, -0.2) is 28.1 Å². The van der Waals surface area contributed by atoms with E-state index in [1.807, 2.05) is 18.2 Å². The quantitative estimate of drug-likeness (QED) is 0.270. The van der Waals surface area contributed by atoms with Crippen molar-refractivity contribution in [3.8, 4) is 0 Å². The summed E-state index contributed by atoms with van der Waals surface area (Å²) in [5.41, 5.74) is 3.88. The van der Waals surface area contributed by atoms with Gasteiger partial charge in [-0.25, -0.2) is 9.82 Å². The van der Waals surface area contributed by atoms with E-state index < -0.39 is 5.82 Å². The van der Waals surface area contributed by atoms with E-state index in [-0.39, 0.29) is 17.2 Å². The molecule has 0 atom stereocenters. The Morgan fingerprint density at radius 2 is 1.93 bits per heavy atom. The summed E-state index contributed by atoms with van der Waals surface area (Å²) in [6.45, 7) is 0. The fourth-order valence-electron chi connectivity index (χ4n) is 1.98. The van der Waals surface area contributed by atoms with Gasteiger partial charge in [0.05, 0.1) is 12.0 Å². The molecule has 0 saturated heterocycles. The van der Waals surface area contributed by atoms with Gasteiger partial charge in [0.1, 0.15) is 5.82 Å². The molecule has 28 heavy (non-hydrogen) atoms. The van der Waals surface area contributed by atoms with E-state index in [9.17, 15) is 9.18 Å². The number of nitrogens with one attached hydrogen (secondary N) is 1. The van der Waals surface area contributed by atoms with Gasteiger partial charge >= 0.3 is 0 Å². The van der Waals surface area contributed by atoms with Gasteiger partial charge in [0.25, 0.3) is 5.91 Å². The van der Waals surface area contributed by atoms with Crippen molar-refractivity contribution in [1.29, 1.82) is 0 Å². The number of carbonyl (C=O) groups excluding carboxylic acids is 1. The first-order chi connectivity index (χ1) is 13.6. The van der Waals surface area contributed by atoms with Crippen molar-refractivity contribution in [3.05, 3.63) is 69.9 Å². The largest absolute Gasteiger partial charge is 0.272 e. The zero-order valence-corrected chi connectivity index (χ0v) is 18.4. The van der Waals surface area contributed by atoms with Crippen LogP contribution >= 0.6 is 50.8 Å². The molecular weight excluding hydrogens is 483 g/mol. The van der Waals surface area contributed by atoms with E-state index in [0.29, 0.717) is 4.34 Å². The van der Waals surface area contributed by atoms with Crippen molar-refractivity contribution >= 4 is 62.9 Å². The van der Waals surface area contributed by atoms with E-state index in [1.54, 1.807) is 23.9 Å². The summed E-state index contributed by atoms with van der Waals surface area (Å²) in [6, 6.07) is 14.6. The molecule has 0 spiro atoms. The third-order valence-corrected chi connectivity index (χ3v) is 7.03. The van der Waals surface area contributed by atoms with Crippen LogP contribution in [0.15, 0.2) is 66.8 Å². The van der Waals surface area contributed by atoms with Gasteiger partial charge in [-0.05, 0) is 23.8 Å². The molecule has 1 N–H and O–H groups in total. The van der Waals surface area contributed by atoms with E-state index in [2.05, 4.69) is 48.8 Å². The molecule has 0 radical (unpaired) electrons. The highest BCUT2D eigenvalue weighted by molar-refractivity contribution is 9.10. The first-order valence-electron chi connectivity index (χ1n) is 8.00. The van der Waals surface area contributed by atoms with Gasteiger partial charge in [-0.3, -0.25) is 4.79 Å². The molecule has 0 saturated carbocycles. The van der Waals surface area contributed by atoms with Gasteiger partial charge in [0.15, 0.2) is 8.68 Å². The predicted molar refractivity (Wildman–Crippen MR) is 116 cm³/mol. The standard InChI is InChI=1S/C18H14BrFN4OS3/c19-14-6-7-15(20)13(8-14)9-21-22-16(25)11-27-18-24-23-17(28-18)26-10-12-4-2-1-3-5-12/h1-9H,10-11H2,(H,22,25). The van der Waals surface area contributed by atoms with Crippen LogP contribution in [0, 0.1) is 5.82 Å².